The molecule has 5 aliphatic carbocycles. The van der Waals surface area contributed by atoms with Crippen LogP contribution in [0.2, 0.25) is 0 Å². The lowest BCUT2D eigenvalue weighted by Gasteiger charge is -2.65. The third-order valence-corrected chi connectivity index (χ3v) is 14.7. The Morgan fingerprint density at radius 2 is 1.51 bits per heavy atom. The Morgan fingerprint density at radius 1 is 0.829 bits per heavy atom. The second-order valence-electron chi connectivity index (χ2n) is 16.7. The molecule has 6 aliphatic rings. The molecule has 0 amide bonds. The molecule has 3 heteroatoms. The van der Waals surface area contributed by atoms with Crippen LogP contribution < -0.4 is 0 Å². The zero-order valence-electron chi connectivity index (χ0n) is 24.2. The quantitative estimate of drug-likeness (QED) is 0.442. The SMILES string of the molecule is CC1CCC23CC24CCC2(C)C([C@@]5(C)CCC(C(C)(C)O)O5)C(O)C[C@@]2(C)C4C[C@H](C)C3C1(C)C. The fourth-order valence-corrected chi connectivity index (χ4v) is 12.9. The van der Waals surface area contributed by atoms with Crippen molar-refractivity contribution >= 4 is 0 Å². The Labute approximate surface area is 215 Å². The summed E-state index contributed by atoms with van der Waals surface area (Å²) in [6.45, 7) is 21.4. The van der Waals surface area contributed by atoms with Gasteiger partial charge in [0.05, 0.1) is 23.4 Å². The lowest BCUT2D eigenvalue weighted by molar-refractivity contribution is -0.199. The molecule has 5 saturated carbocycles. The van der Waals surface area contributed by atoms with Crippen LogP contribution in [-0.2, 0) is 4.74 Å². The van der Waals surface area contributed by atoms with Crippen LogP contribution in [-0.4, -0.2) is 33.6 Å². The van der Waals surface area contributed by atoms with Crippen molar-refractivity contribution in [2.45, 2.75) is 144 Å². The summed E-state index contributed by atoms with van der Waals surface area (Å²) < 4.78 is 6.73. The van der Waals surface area contributed by atoms with Crippen molar-refractivity contribution in [3.8, 4) is 0 Å². The highest BCUT2D eigenvalue weighted by atomic mass is 16.5. The van der Waals surface area contributed by atoms with E-state index >= 15 is 0 Å². The van der Waals surface area contributed by atoms with E-state index in [1.165, 1.54) is 38.5 Å². The Kier molecular flexibility index (Phi) is 4.96. The molecule has 0 aromatic carbocycles. The van der Waals surface area contributed by atoms with E-state index < -0.39 is 5.60 Å². The van der Waals surface area contributed by atoms with Gasteiger partial charge in [-0.15, -0.1) is 0 Å². The van der Waals surface area contributed by atoms with Crippen molar-refractivity contribution in [2.24, 2.45) is 56.7 Å². The monoisotopic (exact) mass is 486 g/mol. The molecule has 35 heavy (non-hydrogen) atoms. The normalized spacial score (nSPS) is 60.9. The van der Waals surface area contributed by atoms with Crippen molar-refractivity contribution in [2.75, 3.05) is 0 Å². The van der Waals surface area contributed by atoms with E-state index in [0.29, 0.717) is 16.2 Å². The van der Waals surface area contributed by atoms with Gasteiger partial charge in [-0.3, -0.25) is 0 Å². The van der Waals surface area contributed by atoms with E-state index in [-0.39, 0.29) is 34.6 Å². The minimum atomic E-state index is -0.832. The predicted octanol–water partition coefficient (Wildman–Crippen LogP) is 6.99. The van der Waals surface area contributed by atoms with E-state index in [1.54, 1.807) is 0 Å². The minimum Gasteiger partial charge on any atom is -0.393 e. The van der Waals surface area contributed by atoms with Gasteiger partial charge in [-0.2, -0.15) is 0 Å². The van der Waals surface area contributed by atoms with Gasteiger partial charge in [0.2, 0.25) is 0 Å². The van der Waals surface area contributed by atoms with Gasteiger partial charge in [0.1, 0.15) is 0 Å². The first-order chi connectivity index (χ1) is 16.0. The van der Waals surface area contributed by atoms with E-state index in [9.17, 15) is 10.2 Å². The van der Waals surface area contributed by atoms with E-state index in [4.69, 9.17) is 4.74 Å². The maximum absolute atomic E-state index is 11.8. The molecule has 1 heterocycles. The van der Waals surface area contributed by atoms with Gasteiger partial charge in [0, 0.05) is 5.92 Å². The van der Waals surface area contributed by atoms with Gasteiger partial charge >= 0.3 is 0 Å². The molecule has 1 aliphatic heterocycles. The first kappa shape index (κ1) is 25.2. The van der Waals surface area contributed by atoms with Crippen LogP contribution >= 0.6 is 0 Å². The average Bonchev–Trinajstić information content (AvgIpc) is 3.08. The second-order valence-corrected chi connectivity index (χ2v) is 16.7. The number of aliphatic hydroxyl groups is 2. The maximum atomic E-state index is 11.8. The van der Waals surface area contributed by atoms with Crippen molar-refractivity contribution in [1.82, 2.24) is 0 Å². The highest BCUT2D eigenvalue weighted by molar-refractivity contribution is 5.32. The summed E-state index contributed by atoms with van der Waals surface area (Å²) >= 11 is 0. The number of aliphatic hydroxyl groups excluding tert-OH is 1. The number of hydrogen-bond acceptors (Lipinski definition) is 3. The number of rotatable bonds is 2. The predicted molar refractivity (Wildman–Crippen MR) is 141 cm³/mol. The molecule has 12 atom stereocenters. The average molecular weight is 487 g/mol. The van der Waals surface area contributed by atoms with E-state index in [0.717, 1.165) is 42.9 Å². The molecule has 0 radical (unpaired) electrons. The first-order valence-corrected chi connectivity index (χ1v) is 15.1. The molecule has 0 aromatic heterocycles. The van der Waals surface area contributed by atoms with Gasteiger partial charge in [-0.05, 0) is 129 Å². The molecule has 2 N–H and O–H groups in total. The summed E-state index contributed by atoms with van der Waals surface area (Å²) in [6.07, 6.45) is 10.5. The second kappa shape index (κ2) is 6.90. The van der Waals surface area contributed by atoms with E-state index in [2.05, 4.69) is 48.5 Å². The molecule has 2 spiro atoms. The van der Waals surface area contributed by atoms with Crippen molar-refractivity contribution in [3.63, 3.8) is 0 Å². The molecule has 6 rings (SSSR count). The number of fused-ring (bicyclic) bond motifs is 2. The smallest absolute Gasteiger partial charge is 0.0865 e. The highest BCUT2D eigenvalue weighted by Gasteiger charge is 2.84. The van der Waals surface area contributed by atoms with Crippen LogP contribution in [0.3, 0.4) is 0 Å². The highest BCUT2D eigenvalue weighted by Crippen LogP contribution is 2.90. The maximum Gasteiger partial charge on any atom is 0.0865 e. The summed E-state index contributed by atoms with van der Waals surface area (Å²) in [5.74, 6) is 3.31. The molecule has 1 saturated heterocycles. The van der Waals surface area contributed by atoms with Crippen LogP contribution in [0.1, 0.15) is 120 Å². The standard InChI is InChI=1S/C32H54O3/c1-19-16-22-29(8)17-21(33)25(30(9)12-11-23(35-30)27(5,6)34)28(29,7)14-15-31(22)18-32(31)13-10-20(2)26(3,4)24(19)32/h19-25,33-34H,10-18H2,1-9H3/t19-,20?,21?,22?,23?,24?,25?,28?,29-,30+,31?,32?/m0/s1. The summed E-state index contributed by atoms with van der Waals surface area (Å²) in [7, 11) is 0. The lowest BCUT2D eigenvalue weighted by Crippen LogP contribution is -2.60. The molecular formula is C32H54O3. The Morgan fingerprint density at radius 3 is 2.14 bits per heavy atom. The molecular weight excluding hydrogens is 432 g/mol. The van der Waals surface area contributed by atoms with Crippen LogP contribution in [0, 0.1) is 56.7 Å². The van der Waals surface area contributed by atoms with Crippen LogP contribution in [0.25, 0.3) is 0 Å². The van der Waals surface area contributed by atoms with Crippen molar-refractivity contribution < 1.29 is 14.9 Å². The lowest BCUT2D eigenvalue weighted by atomic mass is 9.39. The first-order valence-electron chi connectivity index (χ1n) is 15.1. The molecule has 6 fully saturated rings. The summed E-state index contributed by atoms with van der Waals surface area (Å²) in [5, 5.41) is 22.5. The zero-order valence-corrected chi connectivity index (χ0v) is 24.2. The van der Waals surface area contributed by atoms with Gasteiger partial charge < -0.3 is 14.9 Å². The fraction of sp³-hybridized carbons (Fsp3) is 1.00. The molecule has 3 nitrogen and oxygen atoms in total. The zero-order chi connectivity index (χ0) is 25.6. The van der Waals surface area contributed by atoms with Gasteiger partial charge in [0.15, 0.2) is 0 Å². The summed E-state index contributed by atoms with van der Waals surface area (Å²) in [5.41, 5.74) is 0.553. The molecule has 0 aromatic rings. The third-order valence-electron chi connectivity index (χ3n) is 14.7. The number of ether oxygens (including phenoxy) is 1. The Bertz CT molecular complexity index is 905. The molecule has 9 unspecified atom stereocenters. The largest absolute Gasteiger partial charge is 0.393 e. The van der Waals surface area contributed by atoms with Gasteiger partial charge in [-0.1, -0.05) is 41.5 Å². The Hall–Kier alpha value is -0.120. The topological polar surface area (TPSA) is 49.7 Å². The van der Waals surface area contributed by atoms with Gasteiger partial charge in [-0.25, -0.2) is 0 Å². The van der Waals surface area contributed by atoms with Gasteiger partial charge in [0.25, 0.3) is 0 Å². The van der Waals surface area contributed by atoms with E-state index in [1.807, 2.05) is 13.8 Å². The van der Waals surface area contributed by atoms with Crippen LogP contribution in [0.5, 0.6) is 0 Å². The van der Waals surface area contributed by atoms with Crippen molar-refractivity contribution in [1.29, 1.82) is 0 Å². The number of hydrogen-bond donors (Lipinski definition) is 2. The molecule has 0 bridgehead atoms. The minimum absolute atomic E-state index is 0.0827. The Balaban J connectivity index is 1.37. The summed E-state index contributed by atoms with van der Waals surface area (Å²) in [6, 6.07) is 0. The third kappa shape index (κ3) is 2.80. The fourth-order valence-electron chi connectivity index (χ4n) is 12.9. The summed E-state index contributed by atoms with van der Waals surface area (Å²) in [4.78, 5) is 0. The van der Waals surface area contributed by atoms with Crippen LogP contribution in [0.4, 0.5) is 0 Å². The van der Waals surface area contributed by atoms with Crippen LogP contribution in [0.15, 0.2) is 0 Å². The van der Waals surface area contributed by atoms with Crippen molar-refractivity contribution in [3.05, 3.63) is 0 Å². The molecule has 200 valence electrons.